The number of likely N-dealkylation sites (tertiary alicyclic amines) is 2. The van der Waals surface area contributed by atoms with Crippen molar-refractivity contribution in [3.8, 4) is 0 Å². The first-order chi connectivity index (χ1) is 8.54. The topological polar surface area (TPSA) is 23.6 Å². The van der Waals surface area contributed by atoms with Crippen molar-refractivity contribution in [2.75, 3.05) is 26.2 Å². The largest absolute Gasteiger partial charge is 0.342 e. The average Bonchev–Trinajstić information content (AvgIpc) is 2.22. The molecule has 2 fully saturated rings. The van der Waals surface area contributed by atoms with Crippen LogP contribution in [0, 0.1) is 10.8 Å². The second-order valence-electron chi connectivity index (χ2n) is 8.57. The van der Waals surface area contributed by atoms with Crippen molar-refractivity contribution in [1.29, 1.82) is 0 Å². The van der Waals surface area contributed by atoms with E-state index < -0.39 is 0 Å². The van der Waals surface area contributed by atoms with E-state index in [0.29, 0.717) is 16.9 Å². The van der Waals surface area contributed by atoms with Crippen LogP contribution in [-0.2, 0) is 4.79 Å². The molecule has 0 N–H and O–H groups in total. The number of carbonyl (C=O) groups excluding carboxylic acids is 1. The lowest BCUT2D eigenvalue weighted by Crippen LogP contribution is -2.65. The highest BCUT2D eigenvalue weighted by molar-refractivity contribution is 5.81. The van der Waals surface area contributed by atoms with Crippen molar-refractivity contribution < 1.29 is 4.79 Å². The van der Waals surface area contributed by atoms with Crippen LogP contribution in [-0.4, -0.2) is 47.4 Å². The highest BCUT2D eigenvalue weighted by Gasteiger charge is 2.48. The molecule has 0 atom stereocenters. The summed E-state index contributed by atoms with van der Waals surface area (Å²) in [7, 11) is 0. The molecular weight excluding hydrogens is 236 g/mol. The number of hydrogen-bond acceptors (Lipinski definition) is 2. The van der Waals surface area contributed by atoms with Gasteiger partial charge in [-0.1, -0.05) is 20.8 Å². The molecule has 1 amide bonds. The summed E-state index contributed by atoms with van der Waals surface area (Å²) in [5.74, 6) is 0.314. The molecule has 2 saturated heterocycles. The summed E-state index contributed by atoms with van der Waals surface area (Å²) >= 11 is 0. The second-order valence-corrected chi connectivity index (χ2v) is 8.57. The zero-order chi connectivity index (χ0) is 14.5. The van der Waals surface area contributed by atoms with Crippen LogP contribution in [0.4, 0.5) is 0 Å². The first-order valence-corrected chi connectivity index (χ1v) is 7.58. The van der Waals surface area contributed by atoms with Gasteiger partial charge >= 0.3 is 0 Å². The Morgan fingerprint density at radius 3 is 1.79 bits per heavy atom. The predicted octanol–water partition coefficient (Wildman–Crippen LogP) is 2.76. The lowest BCUT2D eigenvalue weighted by molar-refractivity contribution is -0.146. The van der Waals surface area contributed by atoms with Gasteiger partial charge in [0.1, 0.15) is 0 Å². The monoisotopic (exact) mass is 266 g/mol. The van der Waals surface area contributed by atoms with Gasteiger partial charge in [-0.25, -0.2) is 0 Å². The SMILES string of the molecule is CC(C)(C)C(=O)N1CCC2(CC1)CN(C(C)(C)C)C2. The van der Waals surface area contributed by atoms with E-state index in [1.807, 2.05) is 20.8 Å². The fourth-order valence-corrected chi connectivity index (χ4v) is 3.21. The number of rotatable bonds is 0. The minimum Gasteiger partial charge on any atom is -0.342 e. The van der Waals surface area contributed by atoms with E-state index in [0.717, 1.165) is 13.1 Å². The summed E-state index contributed by atoms with van der Waals surface area (Å²) in [5.41, 5.74) is 0.563. The zero-order valence-electron chi connectivity index (χ0n) is 13.5. The van der Waals surface area contributed by atoms with Gasteiger partial charge < -0.3 is 4.90 Å². The molecule has 0 aromatic rings. The third-order valence-electron chi connectivity index (χ3n) is 4.75. The molecule has 0 aromatic heterocycles. The van der Waals surface area contributed by atoms with E-state index in [1.165, 1.54) is 25.9 Å². The number of carbonyl (C=O) groups is 1. The molecule has 0 radical (unpaired) electrons. The summed E-state index contributed by atoms with van der Waals surface area (Å²) in [6.45, 7) is 17.3. The average molecular weight is 266 g/mol. The lowest BCUT2D eigenvalue weighted by atomic mass is 9.70. The van der Waals surface area contributed by atoms with Crippen molar-refractivity contribution in [1.82, 2.24) is 9.80 Å². The third kappa shape index (κ3) is 2.96. The second kappa shape index (κ2) is 4.47. The molecule has 0 aromatic carbocycles. The summed E-state index contributed by atoms with van der Waals surface area (Å²) in [6.07, 6.45) is 2.36. The van der Waals surface area contributed by atoms with Gasteiger partial charge in [0.25, 0.3) is 0 Å². The molecule has 0 unspecified atom stereocenters. The van der Waals surface area contributed by atoms with E-state index in [2.05, 4.69) is 30.6 Å². The quantitative estimate of drug-likeness (QED) is 0.673. The maximum atomic E-state index is 12.3. The van der Waals surface area contributed by atoms with Gasteiger partial charge in [-0.2, -0.15) is 0 Å². The molecule has 3 nitrogen and oxygen atoms in total. The normalized spacial score (nSPS) is 24.4. The first kappa shape index (κ1) is 14.8. The fourth-order valence-electron chi connectivity index (χ4n) is 3.21. The van der Waals surface area contributed by atoms with Crippen molar-refractivity contribution >= 4 is 5.91 Å². The van der Waals surface area contributed by atoms with Crippen LogP contribution in [0.3, 0.4) is 0 Å². The molecule has 0 bridgehead atoms. The van der Waals surface area contributed by atoms with Crippen LogP contribution in [0.2, 0.25) is 0 Å². The Morgan fingerprint density at radius 2 is 1.42 bits per heavy atom. The molecule has 110 valence electrons. The van der Waals surface area contributed by atoms with E-state index in [4.69, 9.17) is 0 Å². The number of nitrogens with zero attached hydrogens (tertiary/aromatic N) is 2. The molecule has 0 saturated carbocycles. The maximum absolute atomic E-state index is 12.3. The van der Waals surface area contributed by atoms with Crippen LogP contribution >= 0.6 is 0 Å². The van der Waals surface area contributed by atoms with E-state index >= 15 is 0 Å². The number of hydrogen-bond donors (Lipinski definition) is 0. The Bertz CT molecular complexity index is 346. The Hall–Kier alpha value is -0.570. The van der Waals surface area contributed by atoms with Gasteiger partial charge in [0.05, 0.1) is 0 Å². The maximum Gasteiger partial charge on any atom is 0.227 e. The number of amides is 1. The summed E-state index contributed by atoms with van der Waals surface area (Å²) in [5, 5.41) is 0. The molecule has 0 aliphatic carbocycles. The third-order valence-corrected chi connectivity index (χ3v) is 4.75. The van der Waals surface area contributed by atoms with Crippen molar-refractivity contribution in [3.63, 3.8) is 0 Å². The van der Waals surface area contributed by atoms with E-state index in [1.54, 1.807) is 0 Å². The lowest BCUT2D eigenvalue weighted by Gasteiger charge is -2.58. The molecule has 2 aliphatic heterocycles. The van der Waals surface area contributed by atoms with Gasteiger partial charge in [-0.3, -0.25) is 9.69 Å². The van der Waals surface area contributed by atoms with Gasteiger partial charge in [-0.05, 0) is 39.0 Å². The summed E-state index contributed by atoms with van der Waals surface area (Å²) in [6, 6.07) is 0. The van der Waals surface area contributed by atoms with Gasteiger partial charge in [0.2, 0.25) is 5.91 Å². The van der Waals surface area contributed by atoms with Gasteiger partial charge in [-0.15, -0.1) is 0 Å². The van der Waals surface area contributed by atoms with Crippen molar-refractivity contribution in [2.24, 2.45) is 10.8 Å². The molecule has 19 heavy (non-hydrogen) atoms. The first-order valence-electron chi connectivity index (χ1n) is 7.58. The van der Waals surface area contributed by atoms with Crippen molar-refractivity contribution in [2.45, 2.75) is 59.9 Å². The van der Waals surface area contributed by atoms with E-state index in [9.17, 15) is 4.79 Å². The molecule has 2 heterocycles. The van der Waals surface area contributed by atoms with E-state index in [-0.39, 0.29) is 5.41 Å². The Kier molecular flexibility index (Phi) is 3.49. The van der Waals surface area contributed by atoms with Crippen LogP contribution in [0.15, 0.2) is 0 Å². The number of piperidine rings is 1. The smallest absolute Gasteiger partial charge is 0.227 e. The van der Waals surface area contributed by atoms with Gasteiger partial charge in [0.15, 0.2) is 0 Å². The predicted molar refractivity (Wildman–Crippen MR) is 79.0 cm³/mol. The summed E-state index contributed by atoms with van der Waals surface area (Å²) < 4.78 is 0. The van der Waals surface area contributed by atoms with Crippen LogP contribution in [0.5, 0.6) is 0 Å². The minimum atomic E-state index is -0.235. The van der Waals surface area contributed by atoms with Crippen LogP contribution in [0.25, 0.3) is 0 Å². The fraction of sp³-hybridized carbons (Fsp3) is 0.938. The Balaban J connectivity index is 1.87. The molecule has 2 aliphatic rings. The highest BCUT2D eigenvalue weighted by atomic mass is 16.2. The zero-order valence-corrected chi connectivity index (χ0v) is 13.5. The standard InChI is InChI=1S/C16H30N2O/c1-14(2,3)13(19)17-9-7-16(8-10-17)11-18(12-16)15(4,5)6/h7-12H2,1-6H3. The van der Waals surface area contributed by atoms with Crippen LogP contribution in [0.1, 0.15) is 54.4 Å². The molecule has 3 heteroatoms. The minimum absolute atomic E-state index is 0.235. The molecular formula is C16H30N2O. The van der Waals surface area contributed by atoms with Crippen molar-refractivity contribution in [3.05, 3.63) is 0 Å². The Labute approximate surface area is 118 Å². The Morgan fingerprint density at radius 1 is 0.947 bits per heavy atom. The van der Waals surface area contributed by atoms with Crippen LogP contribution < -0.4 is 0 Å². The highest BCUT2D eigenvalue weighted by Crippen LogP contribution is 2.43. The van der Waals surface area contributed by atoms with Gasteiger partial charge in [0, 0.05) is 37.1 Å². The molecule has 2 rings (SSSR count). The summed E-state index contributed by atoms with van der Waals surface area (Å²) in [4.78, 5) is 16.9. The molecule has 1 spiro atoms.